The second kappa shape index (κ2) is 7.09. The smallest absolute Gasteiger partial charge is 0.173 e. The van der Waals surface area contributed by atoms with Crippen LogP contribution in [0, 0.1) is 5.82 Å². The van der Waals surface area contributed by atoms with Gasteiger partial charge in [-0.15, -0.1) is 0 Å². The lowest BCUT2D eigenvalue weighted by molar-refractivity contribution is 0.183. The Morgan fingerprint density at radius 2 is 2.10 bits per heavy atom. The van der Waals surface area contributed by atoms with Crippen molar-refractivity contribution in [1.29, 1.82) is 0 Å². The summed E-state index contributed by atoms with van der Waals surface area (Å²) in [5.74, 6) is -0.175. The molecule has 0 saturated carbocycles. The van der Waals surface area contributed by atoms with Gasteiger partial charge in [0.1, 0.15) is 18.2 Å². The molecule has 1 aliphatic heterocycles. The molecule has 1 heterocycles. The fourth-order valence-electron chi connectivity index (χ4n) is 2.35. The van der Waals surface area contributed by atoms with E-state index in [1.807, 2.05) is 0 Å². The third-order valence-corrected chi connectivity index (χ3v) is 3.44. The molecule has 3 N–H and O–H groups in total. The van der Waals surface area contributed by atoms with Crippen molar-refractivity contribution in [2.24, 2.45) is 10.9 Å². The summed E-state index contributed by atoms with van der Waals surface area (Å²) in [4.78, 5) is 2.34. The van der Waals surface area contributed by atoms with E-state index < -0.39 is 5.82 Å². The van der Waals surface area contributed by atoms with E-state index in [0.29, 0.717) is 12.4 Å². The molecule has 0 atom stereocenters. The molecule has 1 aromatic rings. The largest absolute Gasteiger partial charge is 0.491 e. The first kappa shape index (κ1) is 14.6. The van der Waals surface area contributed by atoms with Gasteiger partial charge in [-0.3, -0.25) is 4.90 Å². The zero-order chi connectivity index (χ0) is 14.4. The molecule has 1 aliphatic rings. The van der Waals surface area contributed by atoms with Gasteiger partial charge < -0.3 is 15.7 Å². The van der Waals surface area contributed by atoms with E-state index in [2.05, 4.69) is 10.1 Å². The number of hydrogen-bond donors (Lipinski definition) is 2. The third kappa shape index (κ3) is 3.84. The van der Waals surface area contributed by atoms with E-state index in [0.717, 1.165) is 19.6 Å². The number of rotatable bonds is 5. The minimum Gasteiger partial charge on any atom is -0.491 e. The van der Waals surface area contributed by atoms with Crippen LogP contribution in [0.1, 0.15) is 24.8 Å². The SMILES string of the molecule is NC(=NO)c1cc(F)ccc1OCCN1CCCCC1. The fraction of sp³-hybridized carbons (Fsp3) is 0.500. The van der Waals surface area contributed by atoms with Gasteiger partial charge in [0.25, 0.3) is 0 Å². The zero-order valence-corrected chi connectivity index (χ0v) is 11.4. The van der Waals surface area contributed by atoms with E-state index in [9.17, 15) is 4.39 Å². The third-order valence-electron chi connectivity index (χ3n) is 3.44. The van der Waals surface area contributed by atoms with E-state index in [-0.39, 0.29) is 11.4 Å². The van der Waals surface area contributed by atoms with Gasteiger partial charge >= 0.3 is 0 Å². The molecule has 110 valence electrons. The van der Waals surface area contributed by atoms with Crippen LogP contribution in [-0.2, 0) is 0 Å². The highest BCUT2D eigenvalue weighted by molar-refractivity contribution is 5.99. The van der Waals surface area contributed by atoms with Crippen LogP contribution in [0.5, 0.6) is 5.75 Å². The van der Waals surface area contributed by atoms with Crippen molar-refractivity contribution >= 4 is 5.84 Å². The molecule has 2 rings (SSSR count). The second-order valence-electron chi connectivity index (χ2n) is 4.88. The van der Waals surface area contributed by atoms with E-state index in [1.54, 1.807) is 0 Å². The Kier molecular flexibility index (Phi) is 5.17. The average molecular weight is 281 g/mol. The number of halogens is 1. The van der Waals surface area contributed by atoms with Crippen molar-refractivity contribution in [2.75, 3.05) is 26.2 Å². The summed E-state index contributed by atoms with van der Waals surface area (Å²) in [5, 5.41) is 11.6. The van der Waals surface area contributed by atoms with Gasteiger partial charge in [-0.1, -0.05) is 11.6 Å². The van der Waals surface area contributed by atoms with Gasteiger partial charge in [-0.05, 0) is 44.1 Å². The van der Waals surface area contributed by atoms with Crippen molar-refractivity contribution in [2.45, 2.75) is 19.3 Å². The van der Waals surface area contributed by atoms with Gasteiger partial charge in [0.05, 0.1) is 5.56 Å². The van der Waals surface area contributed by atoms with Gasteiger partial charge in [-0.2, -0.15) is 0 Å². The first-order valence-electron chi connectivity index (χ1n) is 6.83. The summed E-state index contributed by atoms with van der Waals surface area (Å²) < 4.78 is 18.8. The molecule has 0 aromatic heterocycles. The number of oxime groups is 1. The van der Waals surface area contributed by atoms with Crippen LogP contribution < -0.4 is 10.5 Å². The van der Waals surface area contributed by atoms with E-state index >= 15 is 0 Å². The molecular formula is C14H20FN3O2. The predicted molar refractivity (Wildman–Crippen MR) is 74.7 cm³/mol. The Bertz CT molecular complexity index is 473. The van der Waals surface area contributed by atoms with Gasteiger partial charge in [0.2, 0.25) is 0 Å². The van der Waals surface area contributed by atoms with Crippen LogP contribution in [0.2, 0.25) is 0 Å². The second-order valence-corrected chi connectivity index (χ2v) is 4.88. The molecule has 0 amide bonds. The molecule has 20 heavy (non-hydrogen) atoms. The predicted octanol–water partition coefficient (Wildman–Crippen LogP) is 1.78. The van der Waals surface area contributed by atoms with E-state index in [1.165, 1.54) is 37.5 Å². The quantitative estimate of drug-likeness (QED) is 0.373. The van der Waals surface area contributed by atoms with Crippen LogP contribution in [0.3, 0.4) is 0 Å². The number of amidine groups is 1. The van der Waals surface area contributed by atoms with Crippen LogP contribution in [0.15, 0.2) is 23.4 Å². The molecule has 6 heteroatoms. The summed E-state index contributed by atoms with van der Waals surface area (Å²) >= 11 is 0. The number of piperidine rings is 1. The first-order chi connectivity index (χ1) is 9.70. The van der Waals surface area contributed by atoms with Crippen LogP contribution in [0.25, 0.3) is 0 Å². The number of likely N-dealkylation sites (tertiary alicyclic amines) is 1. The Balaban J connectivity index is 1.94. The van der Waals surface area contributed by atoms with Crippen LogP contribution in [-0.4, -0.2) is 42.2 Å². The Morgan fingerprint density at radius 3 is 2.80 bits per heavy atom. The number of nitrogens with zero attached hydrogens (tertiary/aromatic N) is 2. The lowest BCUT2D eigenvalue weighted by atomic mass is 10.1. The van der Waals surface area contributed by atoms with Gasteiger partial charge in [-0.25, -0.2) is 4.39 Å². The highest BCUT2D eigenvalue weighted by Gasteiger charge is 2.12. The molecule has 0 bridgehead atoms. The maximum Gasteiger partial charge on any atom is 0.173 e. The lowest BCUT2D eigenvalue weighted by Gasteiger charge is -2.26. The summed E-state index contributed by atoms with van der Waals surface area (Å²) in [5.41, 5.74) is 5.79. The average Bonchev–Trinajstić information content (AvgIpc) is 2.49. The Hall–Kier alpha value is -1.82. The standard InChI is InChI=1S/C14H20FN3O2/c15-11-4-5-13(12(10-11)14(16)17-19)20-9-8-18-6-2-1-3-7-18/h4-5,10,19H,1-3,6-9H2,(H2,16,17). The monoisotopic (exact) mass is 281 g/mol. The molecular weight excluding hydrogens is 261 g/mol. The highest BCUT2D eigenvalue weighted by atomic mass is 19.1. The number of hydrogen-bond acceptors (Lipinski definition) is 4. The molecule has 5 nitrogen and oxygen atoms in total. The molecule has 0 spiro atoms. The van der Waals surface area contributed by atoms with E-state index in [4.69, 9.17) is 15.7 Å². The summed E-state index contributed by atoms with van der Waals surface area (Å²) in [6.07, 6.45) is 3.75. The Morgan fingerprint density at radius 1 is 1.35 bits per heavy atom. The summed E-state index contributed by atoms with van der Waals surface area (Å²) in [7, 11) is 0. The minimum absolute atomic E-state index is 0.155. The zero-order valence-electron chi connectivity index (χ0n) is 11.4. The first-order valence-corrected chi connectivity index (χ1v) is 6.83. The normalized spacial score (nSPS) is 17.1. The van der Waals surface area contributed by atoms with Gasteiger partial charge in [0, 0.05) is 6.54 Å². The molecule has 0 radical (unpaired) electrons. The summed E-state index contributed by atoms with van der Waals surface area (Å²) in [6.45, 7) is 3.52. The van der Waals surface area contributed by atoms with Crippen molar-refractivity contribution in [3.63, 3.8) is 0 Å². The maximum atomic E-state index is 13.2. The fourth-order valence-corrected chi connectivity index (χ4v) is 2.35. The number of nitrogens with two attached hydrogens (primary N) is 1. The molecule has 1 fully saturated rings. The van der Waals surface area contributed by atoms with Crippen LogP contribution >= 0.6 is 0 Å². The van der Waals surface area contributed by atoms with Gasteiger partial charge in [0.15, 0.2) is 5.84 Å². The van der Waals surface area contributed by atoms with Crippen LogP contribution in [0.4, 0.5) is 4.39 Å². The minimum atomic E-state index is -0.449. The molecule has 1 aromatic carbocycles. The topological polar surface area (TPSA) is 71.1 Å². The maximum absolute atomic E-state index is 13.2. The van der Waals surface area contributed by atoms with Crippen molar-refractivity contribution in [1.82, 2.24) is 4.90 Å². The van der Waals surface area contributed by atoms with Crippen molar-refractivity contribution < 1.29 is 14.3 Å². The molecule has 1 saturated heterocycles. The molecule has 0 aliphatic carbocycles. The van der Waals surface area contributed by atoms with Crippen molar-refractivity contribution in [3.8, 4) is 5.75 Å². The Labute approximate surface area is 117 Å². The lowest BCUT2D eigenvalue weighted by Crippen LogP contribution is -2.33. The van der Waals surface area contributed by atoms with Crippen molar-refractivity contribution in [3.05, 3.63) is 29.6 Å². The number of ether oxygens (including phenoxy) is 1. The highest BCUT2D eigenvalue weighted by Crippen LogP contribution is 2.19. The molecule has 0 unspecified atom stereocenters. The number of benzene rings is 1. The summed E-state index contributed by atoms with van der Waals surface area (Å²) in [6, 6.07) is 3.99.